The maximum absolute atomic E-state index is 11.4. The van der Waals surface area contributed by atoms with Crippen molar-refractivity contribution in [3.63, 3.8) is 0 Å². The molecular formula is C20H28N2O5. The van der Waals surface area contributed by atoms with Crippen molar-refractivity contribution in [1.82, 2.24) is 5.32 Å². The average Bonchev–Trinajstić information content (AvgIpc) is 3.15. The molecule has 3 rings (SSSR count). The highest BCUT2D eigenvalue weighted by atomic mass is 16.5. The summed E-state index contributed by atoms with van der Waals surface area (Å²) in [4.78, 5) is 34.5. The molecule has 0 aromatic heterocycles. The number of para-hydroxylation sites is 2. The number of benzene rings is 1. The molecule has 1 aromatic carbocycles. The zero-order valence-electron chi connectivity index (χ0n) is 15.8. The lowest BCUT2D eigenvalue weighted by molar-refractivity contribution is -0.137. The van der Waals surface area contributed by atoms with Gasteiger partial charge in [0, 0.05) is 12.5 Å². The Morgan fingerprint density at radius 1 is 1.26 bits per heavy atom. The van der Waals surface area contributed by atoms with Crippen molar-refractivity contribution < 1.29 is 24.2 Å². The SMILES string of the molecule is CCCCC(=O)NC1CCCC1.O=C(O)CN1C(=O)COc2ccccc21. The lowest BCUT2D eigenvalue weighted by atomic mass is 10.2. The molecule has 7 nitrogen and oxygen atoms in total. The largest absolute Gasteiger partial charge is 0.482 e. The number of aliphatic carboxylic acids is 1. The number of ether oxygens (including phenoxy) is 1. The summed E-state index contributed by atoms with van der Waals surface area (Å²) in [5, 5.41) is 11.7. The number of anilines is 1. The number of rotatable bonds is 6. The first kappa shape index (κ1) is 20.7. The summed E-state index contributed by atoms with van der Waals surface area (Å²) in [7, 11) is 0. The van der Waals surface area contributed by atoms with Crippen molar-refractivity contribution in [2.45, 2.75) is 57.9 Å². The monoisotopic (exact) mass is 376 g/mol. The van der Waals surface area contributed by atoms with E-state index in [1.165, 1.54) is 30.6 Å². The van der Waals surface area contributed by atoms with Crippen molar-refractivity contribution in [1.29, 1.82) is 0 Å². The third kappa shape index (κ3) is 6.58. The maximum Gasteiger partial charge on any atom is 0.323 e. The molecule has 2 N–H and O–H groups in total. The van der Waals surface area contributed by atoms with Crippen LogP contribution in [0.2, 0.25) is 0 Å². The maximum atomic E-state index is 11.4. The quantitative estimate of drug-likeness (QED) is 0.796. The standard InChI is InChI=1S/C10H9NO4.C10H19NO/c12-9-6-15-8-4-2-1-3-7(8)11(9)5-10(13)14;1-2-3-8-10(12)11-9-6-4-5-7-9/h1-4H,5-6H2,(H,13,14);9H,2-8H2,1H3,(H,11,12). The van der Waals surface area contributed by atoms with Gasteiger partial charge in [0.2, 0.25) is 5.91 Å². The van der Waals surface area contributed by atoms with Gasteiger partial charge in [0.1, 0.15) is 12.3 Å². The summed E-state index contributed by atoms with van der Waals surface area (Å²) < 4.78 is 5.16. The number of hydrogen-bond donors (Lipinski definition) is 2. The van der Waals surface area contributed by atoms with E-state index in [2.05, 4.69) is 12.2 Å². The minimum absolute atomic E-state index is 0.107. The summed E-state index contributed by atoms with van der Waals surface area (Å²) in [6.45, 7) is 1.67. The van der Waals surface area contributed by atoms with Gasteiger partial charge in [0.05, 0.1) is 5.69 Å². The third-order valence-corrected chi connectivity index (χ3v) is 4.58. The second kappa shape index (κ2) is 10.5. The second-order valence-electron chi connectivity index (χ2n) is 6.78. The molecule has 27 heavy (non-hydrogen) atoms. The number of nitrogens with one attached hydrogen (secondary N) is 1. The van der Waals surface area contributed by atoms with E-state index >= 15 is 0 Å². The van der Waals surface area contributed by atoms with Gasteiger partial charge in [-0.2, -0.15) is 0 Å². The van der Waals surface area contributed by atoms with Gasteiger partial charge in [-0.15, -0.1) is 0 Å². The fourth-order valence-corrected chi connectivity index (χ4v) is 3.17. The molecule has 0 bridgehead atoms. The van der Waals surface area contributed by atoms with Gasteiger partial charge in [-0.05, 0) is 31.4 Å². The first-order valence-electron chi connectivity index (χ1n) is 9.54. The molecule has 1 heterocycles. The number of nitrogens with zero attached hydrogens (tertiary/aromatic N) is 1. The fraction of sp³-hybridized carbons (Fsp3) is 0.550. The molecule has 0 spiro atoms. The molecule has 1 saturated carbocycles. The number of carboxylic acids is 1. The lowest BCUT2D eigenvalue weighted by Crippen LogP contribution is -2.41. The van der Waals surface area contributed by atoms with Gasteiger partial charge in [-0.3, -0.25) is 19.3 Å². The number of carboxylic acid groups (broad SMARTS) is 1. The van der Waals surface area contributed by atoms with Gasteiger partial charge in [-0.1, -0.05) is 38.3 Å². The highest BCUT2D eigenvalue weighted by Gasteiger charge is 2.26. The molecule has 7 heteroatoms. The zero-order valence-corrected chi connectivity index (χ0v) is 15.8. The Balaban J connectivity index is 0.000000199. The van der Waals surface area contributed by atoms with E-state index in [0.717, 1.165) is 12.8 Å². The number of fused-ring (bicyclic) bond motifs is 1. The summed E-state index contributed by atoms with van der Waals surface area (Å²) in [6, 6.07) is 7.36. The molecule has 148 valence electrons. The number of unbranched alkanes of at least 4 members (excludes halogenated alkanes) is 1. The van der Waals surface area contributed by atoms with E-state index in [-0.39, 0.29) is 25.0 Å². The smallest absolute Gasteiger partial charge is 0.323 e. The Bertz CT molecular complexity index is 656. The lowest BCUT2D eigenvalue weighted by Gasteiger charge is -2.27. The topological polar surface area (TPSA) is 95.9 Å². The van der Waals surface area contributed by atoms with Crippen LogP contribution in [0.4, 0.5) is 5.69 Å². The summed E-state index contributed by atoms with van der Waals surface area (Å²) >= 11 is 0. The van der Waals surface area contributed by atoms with Gasteiger partial charge < -0.3 is 15.2 Å². The Labute approximate surface area is 159 Å². The summed E-state index contributed by atoms with van der Waals surface area (Å²) in [5.41, 5.74) is 0.510. The summed E-state index contributed by atoms with van der Waals surface area (Å²) in [5.74, 6) is -0.585. The van der Waals surface area contributed by atoms with Gasteiger partial charge >= 0.3 is 5.97 Å². The fourth-order valence-electron chi connectivity index (χ4n) is 3.17. The Kier molecular flexibility index (Phi) is 8.10. The third-order valence-electron chi connectivity index (χ3n) is 4.58. The van der Waals surface area contributed by atoms with Crippen molar-refractivity contribution in [3.05, 3.63) is 24.3 Å². The zero-order chi connectivity index (χ0) is 19.6. The molecule has 0 unspecified atom stereocenters. The molecule has 1 aromatic rings. The van der Waals surface area contributed by atoms with E-state index in [1.54, 1.807) is 24.3 Å². The summed E-state index contributed by atoms with van der Waals surface area (Å²) in [6.07, 6.45) is 7.82. The Morgan fingerprint density at radius 2 is 1.96 bits per heavy atom. The van der Waals surface area contributed by atoms with Crippen LogP contribution in [0.5, 0.6) is 5.75 Å². The Hall–Kier alpha value is -2.57. The Morgan fingerprint density at radius 3 is 2.63 bits per heavy atom. The van der Waals surface area contributed by atoms with Crippen molar-refractivity contribution in [2.75, 3.05) is 18.1 Å². The minimum atomic E-state index is -1.04. The molecule has 1 fully saturated rings. The molecular weight excluding hydrogens is 348 g/mol. The van der Waals surface area contributed by atoms with Crippen LogP contribution in [0.25, 0.3) is 0 Å². The normalized spacial score (nSPS) is 16.0. The van der Waals surface area contributed by atoms with Crippen LogP contribution in [-0.4, -0.2) is 42.1 Å². The highest BCUT2D eigenvalue weighted by molar-refractivity contribution is 6.01. The molecule has 0 radical (unpaired) electrons. The van der Waals surface area contributed by atoms with Crippen LogP contribution in [0, 0.1) is 0 Å². The van der Waals surface area contributed by atoms with Crippen LogP contribution < -0.4 is 15.0 Å². The predicted molar refractivity (Wildman–Crippen MR) is 102 cm³/mol. The van der Waals surface area contributed by atoms with Crippen LogP contribution in [0.15, 0.2) is 24.3 Å². The van der Waals surface area contributed by atoms with Crippen LogP contribution in [0.3, 0.4) is 0 Å². The molecule has 0 atom stereocenters. The number of carbonyl (C=O) groups excluding carboxylic acids is 2. The first-order valence-corrected chi connectivity index (χ1v) is 9.54. The van der Waals surface area contributed by atoms with Gasteiger partial charge in [0.25, 0.3) is 5.91 Å². The number of carbonyl (C=O) groups is 3. The van der Waals surface area contributed by atoms with Crippen molar-refractivity contribution in [3.8, 4) is 5.75 Å². The van der Waals surface area contributed by atoms with Crippen LogP contribution in [-0.2, 0) is 14.4 Å². The molecule has 2 aliphatic rings. The first-order chi connectivity index (χ1) is 13.0. The van der Waals surface area contributed by atoms with E-state index in [1.807, 2.05) is 0 Å². The molecule has 1 aliphatic carbocycles. The van der Waals surface area contributed by atoms with E-state index < -0.39 is 5.97 Å². The highest BCUT2D eigenvalue weighted by Crippen LogP contribution is 2.31. The average molecular weight is 376 g/mol. The minimum Gasteiger partial charge on any atom is -0.482 e. The van der Waals surface area contributed by atoms with Gasteiger partial charge in [-0.25, -0.2) is 0 Å². The van der Waals surface area contributed by atoms with Gasteiger partial charge in [0.15, 0.2) is 6.61 Å². The van der Waals surface area contributed by atoms with E-state index in [9.17, 15) is 14.4 Å². The van der Waals surface area contributed by atoms with E-state index in [4.69, 9.17) is 9.84 Å². The second-order valence-corrected chi connectivity index (χ2v) is 6.78. The predicted octanol–water partition coefficient (Wildman–Crippen LogP) is 2.73. The molecule has 2 amide bonds. The number of hydrogen-bond acceptors (Lipinski definition) is 4. The van der Waals surface area contributed by atoms with Crippen LogP contribution >= 0.6 is 0 Å². The van der Waals surface area contributed by atoms with Crippen molar-refractivity contribution >= 4 is 23.5 Å². The van der Waals surface area contributed by atoms with Crippen molar-refractivity contribution in [2.24, 2.45) is 0 Å². The number of amides is 2. The van der Waals surface area contributed by atoms with E-state index in [0.29, 0.717) is 23.9 Å². The molecule has 0 saturated heterocycles. The molecule has 1 aliphatic heterocycles. The van der Waals surface area contributed by atoms with Crippen LogP contribution in [0.1, 0.15) is 51.9 Å².